The Morgan fingerprint density at radius 1 is 1.39 bits per heavy atom. The van der Waals surface area contributed by atoms with Gasteiger partial charge in [0, 0.05) is 32.6 Å². The Balaban J connectivity index is 1.62. The zero-order chi connectivity index (χ0) is 15.8. The van der Waals surface area contributed by atoms with Crippen molar-refractivity contribution in [1.82, 2.24) is 29.4 Å². The fourth-order valence-electron chi connectivity index (χ4n) is 3.13. The van der Waals surface area contributed by atoms with Gasteiger partial charge in [-0.3, -0.25) is 14.3 Å². The van der Waals surface area contributed by atoms with Gasteiger partial charge in [0.1, 0.15) is 0 Å². The molecule has 4 heterocycles. The van der Waals surface area contributed by atoms with Crippen LogP contribution in [0.15, 0.2) is 29.3 Å². The number of hydrogen-bond acceptors (Lipinski definition) is 7. The van der Waals surface area contributed by atoms with Crippen LogP contribution in [-0.4, -0.2) is 49.2 Å². The van der Waals surface area contributed by atoms with E-state index in [9.17, 15) is 0 Å². The molecule has 3 aromatic rings. The Morgan fingerprint density at radius 2 is 2.30 bits per heavy atom. The molecule has 2 atom stereocenters. The van der Waals surface area contributed by atoms with E-state index in [1.807, 2.05) is 23.7 Å². The van der Waals surface area contributed by atoms with E-state index in [0.29, 0.717) is 11.7 Å². The van der Waals surface area contributed by atoms with Gasteiger partial charge in [-0.1, -0.05) is 5.16 Å². The predicted octanol–water partition coefficient (Wildman–Crippen LogP) is 1.38. The normalized spacial score (nSPS) is 22.2. The molecular formula is C15H18N6O2. The summed E-state index contributed by atoms with van der Waals surface area (Å²) in [7, 11) is 1.74. The third-order valence-electron chi connectivity index (χ3n) is 4.29. The number of aryl methyl sites for hydroxylation is 1. The molecule has 1 aliphatic rings. The molecule has 0 N–H and O–H groups in total. The third-order valence-corrected chi connectivity index (χ3v) is 4.29. The van der Waals surface area contributed by atoms with Gasteiger partial charge in [-0.05, 0) is 13.3 Å². The molecule has 120 valence electrons. The van der Waals surface area contributed by atoms with E-state index in [4.69, 9.17) is 9.26 Å². The van der Waals surface area contributed by atoms with E-state index >= 15 is 0 Å². The van der Waals surface area contributed by atoms with Crippen LogP contribution >= 0.6 is 0 Å². The van der Waals surface area contributed by atoms with Gasteiger partial charge in [-0.15, -0.1) is 0 Å². The van der Waals surface area contributed by atoms with Crippen molar-refractivity contribution in [2.45, 2.75) is 32.0 Å². The lowest BCUT2D eigenvalue weighted by Gasteiger charge is -2.20. The second kappa shape index (κ2) is 5.71. The first-order valence-corrected chi connectivity index (χ1v) is 7.57. The number of aromatic nitrogens is 5. The summed E-state index contributed by atoms with van der Waals surface area (Å²) in [6, 6.07) is 0.0635. The number of fused-ring (bicyclic) bond motifs is 1. The second-order valence-electron chi connectivity index (χ2n) is 5.77. The van der Waals surface area contributed by atoms with E-state index in [-0.39, 0.29) is 12.1 Å². The minimum Gasteiger partial charge on any atom is -0.380 e. The van der Waals surface area contributed by atoms with Gasteiger partial charge in [-0.25, -0.2) is 4.98 Å². The molecule has 0 amide bonds. The number of nitrogens with zero attached hydrogens (tertiary/aromatic N) is 6. The molecule has 1 saturated heterocycles. The van der Waals surface area contributed by atoms with Crippen molar-refractivity contribution in [3.8, 4) is 0 Å². The molecule has 0 aromatic carbocycles. The zero-order valence-electron chi connectivity index (χ0n) is 13.1. The summed E-state index contributed by atoms with van der Waals surface area (Å²) in [6.45, 7) is 3.38. The van der Waals surface area contributed by atoms with Crippen LogP contribution in [0.25, 0.3) is 5.65 Å². The van der Waals surface area contributed by atoms with Gasteiger partial charge in [0.2, 0.25) is 5.89 Å². The second-order valence-corrected chi connectivity index (χ2v) is 5.77. The molecule has 8 heteroatoms. The maximum Gasteiger partial charge on any atom is 0.244 e. The average molecular weight is 314 g/mol. The monoisotopic (exact) mass is 314 g/mol. The lowest BCUT2D eigenvalue weighted by atomic mass is 10.2. The highest BCUT2D eigenvalue weighted by atomic mass is 16.5. The Hall–Kier alpha value is -2.32. The van der Waals surface area contributed by atoms with Crippen LogP contribution in [0.3, 0.4) is 0 Å². The Kier molecular flexibility index (Phi) is 3.55. The van der Waals surface area contributed by atoms with Gasteiger partial charge in [0.25, 0.3) is 0 Å². The van der Waals surface area contributed by atoms with Crippen molar-refractivity contribution in [3.63, 3.8) is 0 Å². The van der Waals surface area contributed by atoms with Gasteiger partial charge in [0.15, 0.2) is 11.5 Å². The van der Waals surface area contributed by atoms with Crippen molar-refractivity contribution in [2.24, 2.45) is 0 Å². The highest BCUT2D eigenvalue weighted by Gasteiger charge is 2.37. The van der Waals surface area contributed by atoms with Crippen LogP contribution in [0.5, 0.6) is 0 Å². The summed E-state index contributed by atoms with van der Waals surface area (Å²) in [4.78, 5) is 15.2. The first-order chi connectivity index (χ1) is 11.2. The lowest BCUT2D eigenvalue weighted by molar-refractivity contribution is 0.107. The Bertz CT molecular complexity index is 813. The fraction of sp³-hybridized carbons (Fsp3) is 0.467. The molecule has 0 saturated carbocycles. The molecule has 0 spiro atoms. The summed E-state index contributed by atoms with van der Waals surface area (Å²) >= 11 is 0. The maximum atomic E-state index is 5.54. The van der Waals surface area contributed by atoms with Crippen LogP contribution < -0.4 is 0 Å². The summed E-state index contributed by atoms with van der Waals surface area (Å²) < 4.78 is 13.0. The SMILES string of the molecule is CO[C@@H]1C[C@H](c2nc(C)no2)N(Cc2cnc3cnccn23)C1. The Morgan fingerprint density at radius 3 is 3.09 bits per heavy atom. The third kappa shape index (κ3) is 2.60. The van der Waals surface area contributed by atoms with Crippen LogP contribution in [0.1, 0.15) is 29.9 Å². The zero-order valence-corrected chi connectivity index (χ0v) is 13.1. The van der Waals surface area contributed by atoms with Crippen LogP contribution in [0, 0.1) is 6.92 Å². The number of methoxy groups -OCH3 is 1. The summed E-state index contributed by atoms with van der Waals surface area (Å²) in [5.74, 6) is 1.30. The van der Waals surface area contributed by atoms with E-state index in [2.05, 4.69) is 25.0 Å². The smallest absolute Gasteiger partial charge is 0.244 e. The van der Waals surface area contributed by atoms with Crippen molar-refractivity contribution in [1.29, 1.82) is 0 Å². The largest absolute Gasteiger partial charge is 0.380 e. The number of likely N-dealkylation sites (tertiary alicyclic amines) is 1. The van der Waals surface area contributed by atoms with Crippen molar-refractivity contribution < 1.29 is 9.26 Å². The number of hydrogen-bond donors (Lipinski definition) is 0. The van der Waals surface area contributed by atoms with Crippen molar-refractivity contribution in [3.05, 3.63) is 42.2 Å². The highest BCUT2D eigenvalue weighted by Crippen LogP contribution is 2.33. The molecule has 0 radical (unpaired) electrons. The predicted molar refractivity (Wildman–Crippen MR) is 80.6 cm³/mol. The molecule has 0 unspecified atom stereocenters. The van der Waals surface area contributed by atoms with E-state index in [0.717, 1.165) is 30.9 Å². The first-order valence-electron chi connectivity index (χ1n) is 7.57. The molecule has 3 aromatic heterocycles. The number of rotatable bonds is 4. The molecule has 0 aliphatic carbocycles. The van der Waals surface area contributed by atoms with E-state index < -0.39 is 0 Å². The van der Waals surface area contributed by atoms with Gasteiger partial charge < -0.3 is 9.26 Å². The molecule has 0 bridgehead atoms. The van der Waals surface area contributed by atoms with Crippen LogP contribution in [0.2, 0.25) is 0 Å². The molecule has 1 fully saturated rings. The lowest BCUT2D eigenvalue weighted by Crippen LogP contribution is -2.25. The molecule has 23 heavy (non-hydrogen) atoms. The van der Waals surface area contributed by atoms with Crippen molar-refractivity contribution >= 4 is 5.65 Å². The van der Waals surface area contributed by atoms with Gasteiger partial charge in [-0.2, -0.15) is 4.98 Å². The summed E-state index contributed by atoms with van der Waals surface area (Å²) in [6.07, 6.45) is 8.33. The average Bonchev–Trinajstić information content (AvgIpc) is 3.27. The number of imidazole rings is 1. The van der Waals surface area contributed by atoms with E-state index in [1.54, 1.807) is 19.5 Å². The summed E-state index contributed by atoms with van der Waals surface area (Å²) in [5, 5.41) is 3.91. The maximum absolute atomic E-state index is 5.54. The standard InChI is InChI=1S/C15H18N6O2/c1-10-18-15(23-19-10)13-5-12(22-2)9-20(13)8-11-6-17-14-7-16-3-4-21(11)14/h3-4,6-7,12-13H,5,8-9H2,1-2H3/t12-,13-/m1/s1. The van der Waals surface area contributed by atoms with Crippen LogP contribution in [-0.2, 0) is 11.3 Å². The van der Waals surface area contributed by atoms with Gasteiger partial charge >= 0.3 is 0 Å². The Labute approximate surface area is 133 Å². The topological polar surface area (TPSA) is 81.6 Å². The van der Waals surface area contributed by atoms with Crippen LogP contribution in [0.4, 0.5) is 0 Å². The van der Waals surface area contributed by atoms with Gasteiger partial charge in [0.05, 0.1) is 30.2 Å². The first kappa shape index (κ1) is 14.3. The minimum atomic E-state index is 0.0635. The van der Waals surface area contributed by atoms with Crippen molar-refractivity contribution in [2.75, 3.05) is 13.7 Å². The van der Waals surface area contributed by atoms with E-state index in [1.165, 1.54) is 0 Å². The quantitative estimate of drug-likeness (QED) is 0.719. The molecule has 4 rings (SSSR count). The summed E-state index contributed by atoms with van der Waals surface area (Å²) in [5.41, 5.74) is 1.94. The minimum absolute atomic E-state index is 0.0635. The number of ether oxygens (including phenoxy) is 1. The highest BCUT2D eigenvalue weighted by molar-refractivity contribution is 5.36. The molecular weight excluding hydrogens is 296 g/mol. The molecule has 8 nitrogen and oxygen atoms in total. The fourth-order valence-corrected chi connectivity index (χ4v) is 3.13. The molecule has 1 aliphatic heterocycles.